The molecule has 0 unspecified atom stereocenters. The van der Waals surface area contributed by atoms with Crippen LogP contribution in [0.1, 0.15) is 47.8 Å². The van der Waals surface area contributed by atoms with Crippen LogP contribution in [0.25, 0.3) is 0 Å². The minimum atomic E-state index is -0.646. The van der Waals surface area contributed by atoms with E-state index in [2.05, 4.69) is 22.1 Å². The maximum Gasteiger partial charge on any atom is 0.294 e. The zero-order chi connectivity index (χ0) is 23.4. The Morgan fingerprint density at radius 2 is 1.89 bits per heavy atom. The zero-order valence-electron chi connectivity index (χ0n) is 19.7. The van der Waals surface area contributed by atoms with Crippen molar-refractivity contribution < 1.29 is 4.79 Å². The summed E-state index contributed by atoms with van der Waals surface area (Å²) in [7, 11) is 0. The molecular formula is C25H32Cl2N6O2. The van der Waals surface area contributed by atoms with Crippen molar-refractivity contribution in [2.24, 2.45) is 5.73 Å². The number of rotatable bonds is 7. The van der Waals surface area contributed by atoms with Gasteiger partial charge in [-0.2, -0.15) is 0 Å². The number of carbonyl (C=O) groups is 1. The van der Waals surface area contributed by atoms with Gasteiger partial charge in [0.2, 0.25) is 5.91 Å². The molecular weight excluding hydrogens is 487 g/mol. The number of aromatic nitrogens is 3. The second kappa shape index (κ2) is 12.6. The molecule has 2 aromatic heterocycles. The number of nitrogens with two attached hydrogens (primary N) is 2. The first-order valence-electron chi connectivity index (χ1n) is 11.3. The highest BCUT2D eigenvalue weighted by Gasteiger charge is 2.27. The van der Waals surface area contributed by atoms with Gasteiger partial charge in [0, 0.05) is 30.7 Å². The fourth-order valence-electron chi connectivity index (χ4n) is 4.43. The highest BCUT2D eigenvalue weighted by Crippen LogP contribution is 2.23. The molecule has 1 aliphatic heterocycles. The van der Waals surface area contributed by atoms with E-state index in [0.29, 0.717) is 37.6 Å². The number of benzene rings is 1. The maximum absolute atomic E-state index is 13.7. The first kappa shape index (κ1) is 28.1. The monoisotopic (exact) mass is 518 g/mol. The summed E-state index contributed by atoms with van der Waals surface area (Å²) in [5, 5.41) is 0. The van der Waals surface area contributed by atoms with E-state index in [-0.39, 0.29) is 30.4 Å². The molecule has 3 heterocycles. The van der Waals surface area contributed by atoms with Gasteiger partial charge >= 0.3 is 0 Å². The van der Waals surface area contributed by atoms with Gasteiger partial charge in [-0.05, 0) is 49.8 Å². The summed E-state index contributed by atoms with van der Waals surface area (Å²) >= 11 is 0. The van der Waals surface area contributed by atoms with Crippen molar-refractivity contribution in [3.05, 3.63) is 81.5 Å². The van der Waals surface area contributed by atoms with Crippen LogP contribution in [0.3, 0.4) is 0 Å². The zero-order valence-corrected chi connectivity index (χ0v) is 21.4. The number of nitrogen functional groups attached to an aromatic ring is 1. The Hall–Kier alpha value is -3.10. The molecule has 4 N–H and O–H groups in total. The lowest BCUT2D eigenvalue weighted by Gasteiger charge is -2.26. The first-order valence-corrected chi connectivity index (χ1v) is 11.3. The molecule has 8 nitrogen and oxygen atoms in total. The second-order valence-corrected chi connectivity index (χ2v) is 8.55. The number of halogens is 2. The van der Waals surface area contributed by atoms with Crippen LogP contribution < -0.4 is 21.9 Å². The number of aryl methyl sites for hydroxylation is 2. The molecule has 10 heteroatoms. The predicted octanol–water partition coefficient (Wildman–Crippen LogP) is 3.37. The molecule has 0 spiro atoms. The predicted molar refractivity (Wildman–Crippen MR) is 143 cm³/mol. The van der Waals surface area contributed by atoms with Crippen LogP contribution >= 0.6 is 24.8 Å². The minimum absolute atomic E-state index is 0. The van der Waals surface area contributed by atoms with E-state index in [9.17, 15) is 9.59 Å². The molecule has 188 valence electrons. The van der Waals surface area contributed by atoms with Crippen molar-refractivity contribution in [3.63, 3.8) is 0 Å². The Labute approximate surface area is 217 Å². The number of primary amides is 1. The van der Waals surface area contributed by atoms with Gasteiger partial charge in [0.05, 0.1) is 0 Å². The van der Waals surface area contributed by atoms with E-state index in [4.69, 9.17) is 11.5 Å². The van der Waals surface area contributed by atoms with E-state index >= 15 is 0 Å². The normalized spacial score (nSPS) is 14.6. The van der Waals surface area contributed by atoms with Crippen LogP contribution in [0.5, 0.6) is 0 Å². The van der Waals surface area contributed by atoms with Gasteiger partial charge < -0.3 is 16.4 Å². The van der Waals surface area contributed by atoms with E-state index in [0.717, 1.165) is 36.2 Å². The Kier molecular flexibility index (Phi) is 10.1. The molecule has 0 saturated carbocycles. The fourth-order valence-corrected chi connectivity index (χ4v) is 4.43. The largest absolute Gasteiger partial charge is 0.384 e. The van der Waals surface area contributed by atoms with Crippen molar-refractivity contribution >= 4 is 42.4 Å². The second-order valence-electron chi connectivity index (χ2n) is 8.55. The van der Waals surface area contributed by atoms with Gasteiger partial charge in [-0.25, -0.2) is 9.97 Å². The average Bonchev–Trinajstić information content (AvgIpc) is 3.03. The number of hydrogen-bond acceptors (Lipinski definition) is 6. The topological polar surface area (TPSA) is 120 Å². The molecule has 0 aliphatic carbocycles. The Morgan fingerprint density at radius 1 is 1.14 bits per heavy atom. The standard InChI is InChI=1S/C25H30N6O2.2ClH/c1-17-19(11-12-22(26)29-17)16-30(14-13-18-7-3-2-4-8-18)24-25(33)31-20(15-28-24)9-5-6-10-21(31)23(27)32;;/h2-4,7-8,11-12,15,21H,5-6,9-10,13-14,16H2,1H3,(H2,26,29)(H2,27,32);2*1H/t21-;;/m0../s1. The number of carbonyl (C=O) groups excluding carboxylic acids is 1. The molecule has 0 saturated heterocycles. The van der Waals surface area contributed by atoms with Crippen molar-refractivity contribution in [3.8, 4) is 0 Å². The van der Waals surface area contributed by atoms with E-state index < -0.39 is 11.9 Å². The molecule has 1 amide bonds. The molecule has 0 radical (unpaired) electrons. The summed E-state index contributed by atoms with van der Waals surface area (Å²) in [6.45, 7) is 2.94. The summed E-state index contributed by atoms with van der Waals surface area (Å²) in [6.07, 6.45) is 5.48. The highest BCUT2D eigenvalue weighted by molar-refractivity contribution is 5.85. The first-order chi connectivity index (χ1) is 15.9. The molecule has 0 fully saturated rings. The summed E-state index contributed by atoms with van der Waals surface area (Å²) in [4.78, 5) is 36.8. The van der Waals surface area contributed by atoms with Crippen molar-refractivity contribution in [2.45, 2.75) is 51.6 Å². The van der Waals surface area contributed by atoms with Crippen LogP contribution in [0.4, 0.5) is 11.6 Å². The number of pyridine rings is 1. The molecule has 1 atom stereocenters. The number of hydrogen-bond donors (Lipinski definition) is 2. The van der Waals surface area contributed by atoms with Crippen molar-refractivity contribution in [1.82, 2.24) is 14.5 Å². The van der Waals surface area contributed by atoms with Crippen molar-refractivity contribution in [1.29, 1.82) is 0 Å². The van der Waals surface area contributed by atoms with Gasteiger partial charge in [-0.3, -0.25) is 14.2 Å². The smallest absolute Gasteiger partial charge is 0.294 e. The van der Waals surface area contributed by atoms with E-state index in [1.165, 1.54) is 5.56 Å². The summed E-state index contributed by atoms with van der Waals surface area (Å²) in [5.41, 5.74) is 14.9. The highest BCUT2D eigenvalue weighted by atomic mass is 35.5. The van der Waals surface area contributed by atoms with E-state index in [1.807, 2.05) is 36.1 Å². The van der Waals surface area contributed by atoms with Gasteiger partial charge in [-0.15, -0.1) is 24.8 Å². The van der Waals surface area contributed by atoms with Gasteiger partial charge in [-0.1, -0.05) is 42.8 Å². The molecule has 4 rings (SSSR count). The number of amides is 1. The number of fused-ring (bicyclic) bond motifs is 1. The quantitative estimate of drug-likeness (QED) is 0.494. The summed E-state index contributed by atoms with van der Waals surface area (Å²) in [6, 6.07) is 13.2. The molecule has 1 aromatic carbocycles. The van der Waals surface area contributed by atoms with Crippen LogP contribution in [-0.4, -0.2) is 27.0 Å². The van der Waals surface area contributed by atoms with Gasteiger partial charge in [0.1, 0.15) is 11.9 Å². The third-order valence-electron chi connectivity index (χ3n) is 6.25. The third-order valence-corrected chi connectivity index (χ3v) is 6.25. The van der Waals surface area contributed by atoms with Crippen LogP contribution in [0.2, 0.25) is 0 Å². The SMILES string of the molecule is Cc1nc(N)ccc1CN(CCc1ccccc1)c1ncc2n(c1=O)[C@H](C(N)=O)CCCC2.Cl.Cl. The number of nitrogens with zero attached hydrogens (tertiary/aromatic N) is 4. The third kappa shape index (κ3) is 6.52. The summed E-state index contributed by atoms with van der Waals surface area (Å²) < 4.78 is 1.57. The summed E-state index contributed by atoms with van der Waals surface area (Å²) in [5.74, 6) is 0.297. The maximum atomic E-state index is 13.7. The number of anilines is 2. The lowest BCUT2D eigenvalue weighted by Crippen LogP contribution is -2.40. The lowest BCUT2D eigenvalue weighted by atomic mass is 10.1. The van der Waals surface area contributed by atoms with Crippen molar-refractivity contribution in [2.75, 3.05) is 17.2 Å². The van der Waals surface area contributed by atoms with Crippen LogP contribution in [0, 0.1) is 6.92 Å². The lowest BCUT2D eigenvalue weighted by molar-refractivity contribution is -0.121. The fraction of sp³-hybridized carbons (Fsp3) is 0.360. The van der Waals surface area contributed by atoms with Crippen LogP contribution in [0.15, 0.2) is 53.5 Å². The Balaban J connectivity index is 0.00000216. The molecule has 3 aromatic rings. The minimum Gasteiger partial charge on any atom is -0.384 e. The molecule has 35 heavy (non-hydrogen) atoms. The Morgan fingerprint density at radius 3 is 2.57 bits per heavy atom. The average molecular weight is 519 g/mol. The molecule has 0 bridgehead atoms. The van der Waals surface area contributed by atoms with E-state index in [1.54, 1.807) is 16.8 Å². The van der Waals surface area contributed by atoms with Gasteiger partial charge in [0.25, 0.3) is 5.56 Å². The molecule has 1 aliphatic rings. The Bertz CT molecular complexity index is 1200. The van der Waals surface area contributed by atoms with Gasteiger partial charge in [0.15, 0.2) is 5.82 Å². The van der Waals surface area contributed by atoms with Crippen LogP contribution in [-0.2, 0) is 24.2 Å².